The summed E-state index contributed by atoms with van der Waals surface area (Å²) in [6.45, 7) is 2.10. The van der Waals surface area contributed by atoms with E-state index in [1.54, 1.807) is 14.2 Å². The molecule has 0 fully saturated rings. The van der Waals surface area contributed by atoms with Crippen LogP contribution in [0.25, 0.3) is 0 Å². The summed E-state index contributed by atoms with van der Waals surface area (Å²) in [7, 11) is 3.27. The van der Waals surface area contributed by atoms with Crippen molar-refractivity contribution < 1.29 is 9.47 Å². The molecule has 1 unspecified atom stereocenters. The lowest BCUT2D eigenvalue weighted by Crippen LogP contribution is -2.02. The molecule has 2 nitrogen and oxygen atoms in total. The van der Waals surface area contributed by atoms with Crippen LogP contribution in [-0.4, -0.2) is 14.2 Å². The van der Waals surface area contributed by atoms with Crippen LogP contribution in [0.3, 0.4) is 0 Å². The third-order valence-corrected chi connectivity index (χ3v) is 4.65. The molecule has 2 rings (SSSR count). The van der Waals surface area contributed by atoms with Crippen LogP contribution in [0.2, 0.25) is 0 Å². The van der Waals surface area contributed by atoms with E-state index in [2.05, 4.69) is 35.0 Å². The molecule has 0 saturated carbocycles. The second-order valence-corrected chi connectivity index (χ2v) is 6.12. The third kappa shape index (κ3) is 3.53. The minimum Gasteiger partial charge on any atom is -0.495 e. The van der Waals surface area contributed by atoms with Gasteiger partial charge < -0.3 is 9.47 Å². The van der Waals surface area contributed by atoms with Crippen molar-refractivity contribution in [3.05, 3.63) is 57.6 Å². The summed E-state index contributed by atoms with van der Waals surface area (Å²) in [4.78, 5) is 0. The molecule has 0 aliphatic heterocycles. The zero-order chi connectivity index (χ0) is 15.4. The molecule has 0 aromatic heterocycles. The van der Waals surface area contributed by atoms with Gasteiger partial charge in [0.2, 0.25) is 0 Å². The molecule has 0 radical (unpaired) electrons. The Bertz CT molecular complexity index is 628. The highest BCUT2D eigenvalue weighted by atomic mass is 79.9. The Morgan fingerprint density at radius 3 is 2.43 bits per heavy atom. The van der Waals surface area contributed by atoms with Crippen molar-refractivity contribution in [1.29, 1.82) is 0 Å². The Labute approximate surface area is 139 Å². The van der Waals surface area contributed by atoms with Gasteiger partial charge in [0.25, 0.3) is 0 Å². The Morgan fingerprint density at radius 1 is 1.10 bits per heavy atom. The Morgan fingerprint density at radius 2 is 1.81 bits per heavy atom. The van der Waals surface area contributed by atoms with Gasteiger partial charge in [-0.1, -0.05) is 30.3 Å². The standard InChI is InChI=1S/C17H18BrClO2/c1-11-6-4-5-7-12(11)10-14(19)13-8-9-15(20-2)16(18)17(13)21-3/h4-9,14H,10H2,1-3H3. The van der Waals surface area contributed by atoms with Crippen molar-refractivity contribution in [2.24, 2.45) is 0 Å². The van der Waals surface area contributed by atoms with Crippen LogP contribution < -0.4 is 9.47 Å². The van der Waals surface area contributed by atoms with Crippen molar-refractivity contribution in [2.45, 2.75) is 18.7 Å². The number of alkyl halides is 1. The van der Waals surface area contributed by atoms with Gasteiger partial charge in [-0.25, -0.2) is 0 Å². The van der Waals surface area contributed by atoms with Crippen molar-refractivity contribution in [1.82, 2.24) is 0 Å². The highest BCUT2D eigenvalue weighted by molar-refractivity contribution is 9.10. The first-order valence-corrected chi connectivity index (χ1v) is 7.90. The molecule has 21 heavy (non-hydrogen) atoms. The molecular weight excluding hydrogens is 352 g/mol. The molecular formula is C17H18BrClO2. The Kier molecular flexibility index (Phi) is 5.54. The predicted octanol–water partition coefficient (Wildman–Crippen LogP) is 5.30. The van der Waals surface area contributed by atoms with Gasteiger partial charge in [0.15, 0.2) is 0 Å². The van der Waals surface area contributed by atoms with E-state index in [-0.39, 0.29) is 5.38 Å². The number of hydrogen-bond acceptors (Lipinski definition) is 2. The molecule has 0 amide bonds. The molecule has 1 atom stereocenters. The smallest absolute Gasteiger partial charge is 0.141 e. The largest absolute Gasteiger partial charge is 0.495 e. The number of halogens is 2. The molecule has 0 heterocycles. The molecule has 2 aromatic rings. The minimum atomic E-state index is -0.164. The van der Waals surface area contributed by atoms with Gasteiger partial charge in [-0.15, -0.1) is 11.6 Å². The predicted molar refractivity (Wildman–Crippen MR) is 90.7 cm³/mol. The van der Waals surface area contributed by atoms with Crippen LogP contribution in [0.15, 0.2) is 40.9 Å². The van der Waals surface area contributed by atoms with Crippen molar-refractivity contribution in [3.8, 4) is 11.5 Å². The van der Waals surface area contributed by atoms with E-state index in [9.17, 15) is 0 Å². The van der Waals surface area contributed by atoms with Crippen LogP contribution in [0.1, 0.15) is 22.1 Å². The topological polar surface area (TPSA) is 18.5 Å². The van der Waals surface area contributed by atoms with Gasteiger partial charge in [-0.05, 0) is 46.5 Å². The minimum absolute atomic E-state index is 0.164. The Balaban J connectivity index is 2.33. The van der Waals surface area contributed by atoms with Crippen LogP contribution in [0.4, 0.5) is 0 Å². The molecule has 0 aliphatic rings. The second kappa shape index (κ2) is 7.19. The summed E-state index contributed by atoms with van der Waals surface area (Å²) in [5, 5.41) is -0.164. The number of methoxy groups -OCH3 is 2. The monoisotopic (exact) mass is 368 g/mol. The first kappa shape index (κ1) is 16.2. The van der Waals surface area contributed by atoms with E-state index >= 15 is 0 Å². The van der Waals surface area contributed by atoms with Crippen LogP contribution in [-0.2, 0) is 6.42 Å². The summed E-state index contributed by atoms with van der Waals surface area (Å²) < 4.78 is 11.6. The zero-order valence-corrected chi connectivity index (χ0v) is 14.7. The van der Waals surface area contributed by atoms with E-state index in [4.69, 9.17) is 21.1 Å². The number of ether oxygens (including phenoxy) is 2. The fourth-order valence-corrected chi connectivity index (χ4v) is 3.33. The highest BCUT2D eigenvalue weighted by Gasteiger charge is 2.19. The average molecular weight is 370 g/mol. The maximum Gasteiger partial charge on any atom is 0.141 e. The number of benzene rings is 2. The van der Waals surface area contributed by atoms with E-state index in [0.29, 0.717) is 0 Å². The average Bonchev–Trinajstić information content (AvgIpc) is 2.49. The number of rotatable bonds is 5. The molecule has 0 saturated heterocycles. The highest BCUT2D eigenvalue weighted by Crippen LogP contribution is 2.42. The molecule has 0 aliphatic carbocycles. The number of hydrogen-bond donors (Lipinski definition) is 0. The fourth-order valence-electron chi connectivity index (χ4n) is 2.31. The van der Waals surface area contributed by atoms with Crippen molar-refractivity contribution in [2.75, 3.05) is 14.2 Å². The van der Waals surface area contributed by atoms with E-state index in [0.717, 1.165) is 28.0 Å². The second-order valence-electron chi connectivity index (χ2n) is 4.80. The quantitative estimate of drug-likeness (QED) is 0.666. The summed E-state index contributed by atoms with van der Waals surface area (Å²) in [5.74, 6) is 1.46. The van der Waals surface area contributed by atoms with Gasteiger partial charge in [-0.3, -0.25) is 0 Å². The van der Waals surface area contributed by atoms with Crippen LogP contribution in [0.5, 0.6) is 11.5 Å². The van der Waals surface area contributed by atoms with Crippen molar-refractivity contribution in [3.63, 3.8) is 0 Å². The normalized spacial score (nSPS) is 12.0. The molecule has 0 N–H and O–H groups in total. The fraction of sp³-hybridized carbons (Fsp3) is 0.294. The SMILES string of the molecule is COc1ccc(C(Cl)Cc2ccccc2C)c(OC)c1Br. The van der Waals surface area contributed by atoms with Crippen molar-refractivity contribution >= 4 is 27.5 Å². The lowest BCUT2D eigenvalue weighted by atomic mass is 9.99. The van der Waals surface area contributed by atoms with Gasteiger partial charge in [0.1, 0.15) is 16.0 Å². The summed E-state index contributed by atoms with van der Waals surface area (Å²) >= 11 is 10.1. The zero-order valence-electron chi connectivity index (χ0n) is 12.3. The first-order chi connectivity index (χ1) is 10.1. The first-order valence-electron chi connectivity index (χ1n) is 6.67. The molecule has 0 spiro atoms. The number of aryl methyl sites for hydroxylation is 1. The summed E-state index contributed by atoms with van der Waals surface area (Å²) in [6, 6.07) is 12.1. The lowest BCUT2D eigenvalue weighted by Gasteiger charge is -2.18. The van der Waals surface area contributed by atoms with Gasteiger partial charge in [0, 0.05) is 5.56 Å². The van der Waals surface area contributed by atoms with Gasteiger partial charge in [-0.2, -0.15) is 0 Å². The maximum atomic E-state index is 6.62. The van der Waals surface area contributed by atoms with E-state index < -0.39 is 0 Å². The molecule has 2 aromatic carbocycles. The molecule has 0 bridgehead atoms. The van der Waals surface area contributed by atoms with E-state index in [1.165, 1.54) is 11.1 Å². The summed E-state index contributed by atoms with van der Waals surface area (Å²) in [6.07, 6.45) is 0.753. The lowest BCUT2D eigenvalue weighted by molar-refractivity contribution is 0.386. The van der Waals surface area contributed by atoms with Crippen LogP contribution >= 0.6 is 27.5 Å². The summed E-state index contributed by atoms with van der Waals surface area (Å²) in [5.41, 5.74) is 3.44. The molecule has 4 heteroatoms. The van der Waals surface area contributed by atoms with Gasteiger partial charge in [0.05, 0.1) is 19.6 Å². The van der Waals surface area contributed by atoms with Crippen LogP contribution in [0, 0.1) is 6.92 Å². The maximum absolute atomic E-state index is 6.62. The third-order valence-electron chi connectivity index (χ3n) is 3.51. The van der Waals surface area contributed by atoms with Gasteiger partial charge >= 0.3 is 0 Å². The molecule has 112 valence electrons. The Hall–Kier alpha value is -1.19. The van der Waals surface area contributed by atoms with E-state index in [1.807, 2.05) is 24.3 Å².